The van der Waals surface area contributed by atoms with Crippen molar-refractivity contribution in [2.75, 3.05) is 0 Å². The van der Waals surface area contributed by atoms with E-state index in [0.717, 1.165) is 35.2 Å². The van der Waals surface area contributed by atoms with E-state index in [1.165, 1.54) is 5.56 Å². The molecule has 5 heteroatoms. The van der Waals surface area contributed by atoms with Gasteiger partial charge in [-0.3, -0.25) is 4.57 Å². The molecule has 0 fully saturated rings. The van der Waals surface area contributed by atoms with Crippen LogP contribution in [0, 0.1) is 0 Å². The van der Waals surface area contributed by atoms with Gasteiger partial charge >= 0.3 is 0 Å². The normalized spacial score (nSPS) is 10.9. The molecule has 1 heterocycles. The van der Waals surface area contributed by atoms with E-state index in [1.807, 2.05) is 10.6 Å². The van der Waals surface area contributed by atoms with Crippen LogP contribution in [0.5, 0.6) is 0 Å². The molecule has 0 unspecified atom stereocenters. The fraction of sp³-hybridized carbons (Fsp3) is 0.385. The van der Waals surface area contributed by atoms with Crippen LogP contribution in [-0.4, -0.2) is 14.8 Å². The van der Waals surface area contributed by atoms with Crippen LogP contribution in [0.4, 0.5) is 0 Å². The van der Waals surface area contributed by atoms with Gasteiger partial charge in [0, 0.05) is 10.9 Å². The van der Waals surface area contributed by atoms with Gasteiger partial charge in [0.25, 0.3) is 0 Å². The first-order chi connectivity index (χ1) is 8.67. The monoisotopic (exact) mass is 327 g/mol. The second-order valence-corrected chi connectivity index (χ2v) is 5.35. The molecule has 0 N–H and O–H groups in total. The lowest BCUT2D eigenvalue weighted by Gasteiger charge is -2.12. The Bertz CT molecular complexity index is 551. The maximum atomic E-state index is 6.16. The smallest absolute Gasteiger partial charge is 0.229 e. The van der Waals surface area contributed by atoms with Crippen molar-refractivity contribution in [1.82, 2.24) is 14.8 Å². The standard InChI is InChI=1S/C13H15BrClN3/c1-3-5-12-16-17-13(15)18(12)11-7-6-10(14)8-9(11)4-2/h6-8H,3-5H2,1-2H3. The summed E-state index contributed by atoms with van der Waals surface area (Å²) in [4.78, 5) is 0. The van der Waals surface area contributed by atoms with Crippen LogP contribution in [0.1, 0.15) is 31.7 Å². The molecule has 3 nitrogen and oxygen atoms in total. The van der Waals surface area contributed by atoms with Gasteiger partial charge in [-0.15, -0.1) is 10.2 Å². The highest BCUT2D eigenvalue weighted by atomic mass is 79.9. The zero-order chi connectivity index (χ0) is 13.1. The van der Waals surface area contributed by atoms with Gasteiger partial charge in [-0.2, -0.15) is 0 Å². The average molecular weight is 329 g/mol. The molecule has 0 atom stereocenters. The lowest BCUT2D eigenvalue weighted by molar-refractivity contribution is 0.799. The number of hydrogen-bond acceptors (Lipinski definition) is 2. The van der Waals surface area contributed by atoms with Gasteiger partial charge in [-0.05, 0) is 48.2 Å². The Labute approximate surface area is 120 Å². The second kappa shape index (κ2) is 5.85. The van der Waals surface area contributed by atoms with Crippen molar-refractivity contribution in [3.05, 3.63) is 39.3 Å². The quantitative estimate of drug-likeness (QED) is 0.842. The first kappa shape index (κ1) is 13.6. The van der Waals surface area contributed by atoms with Gasteiger partial charge in [-0.1, -0.05) is 29.8 Å². The zero-order valence-electron chi connectivity index (χ0n) is 10.5. The number of aromatic nitrogens is 3. The summed E-state index contributed by atoms with van der Waals surface area (Å²) in [6.07, 6.45) is 2.83. The van der Waals surface area contributed by atoms with Crippen LogP contribution in [0.2, 0.25) is 5.28 Å². The molecule has 18 heavy (non-hydrogen) atoms. The maximum Gasteiger partial charge on any atom is 0.229 e. The zero-order valence-corrected chi connectivity index (χ0v) is 12.8. The molecule has 0 aliphatic heterocycles. The highest BCUT2D eigenvalue weighted by Crippen LogP contribution is 2.25. The van der Waals surface area contributed by atoms with Gasteiger partial charge in [0.15, 0.2) is 0 Å². The minimum absolute atomic E-state index is 0.426. The summed E-state index contributed by atoms with van der Waals surface area (Å²) >= 11 is 9.66. The third-order valence-electron chi connectivity index (χ3n) is 2.83. The summed E-state index contributed by atoms with van der Waals surface area (Å²) in [6, 6.07) is 6.18. The number of benzene rings is 1. The predicted octanol–water partition coefficient (Wildman–Crippen LogP) is 4.20. The number of hydrogen-bond donors (Lipinski definition) is 0. The van der Waals surface area contributed by atoms with Crippen LogP contribution in [-0.2, 0) is 12.8 Å². The molecule has 0 saturated carbocycles. The molecular weight excluding hydrogens is 314 g/mol. The van der Waals surface area contributed by atoms with E-state index in [1.54, 1.807) is 0 Å². The highest BCUT2D eigenvalue weighted by Gasteiger charge is 2.14. The van der Waals surface area contributed by atoms with E-state index in [9.17, 15) is 0 Å². The van der Waals surface area contributed by atoms with Crippen LogP contribution in [0.15, 0.2) is 22.7 Å². The highest BCUT2D eigenvalue weighted by molar-refractivity contribution is 9.10. The summed E-state index contributed by atoms with van der Waals surface area (Å²) in [6.45, 7) is 4.25. The summed E-state index contributed by atoms with van der Waals surface area (Å²) in [5, 5.41) is 8.55. The van der Waals surface area contributed by atoms with Crippen molar-refractivity contribution < 1.29 is 0 Å². The summed E-state index contributed by atoms with van der Waals surface area (Å²) in [5.74, 6) is 0.916. The Kier molecular flexibility index (Phi) is 4.40. The molecule has 0 aliphatic rings. The molecule has 0 saturated heterocycles. The average Bonchev–Trinajstić information content (AvgIpc) is 2.71. The maximum absolute atomic E-state index is 6.16. The molecule has 96 valence electrons. The third-order valence-corrected chi connectivity index (χ3v) is 3.57. The van der Waals surface area contributed by atoms with E-state index < -0.39 is 0 Å². The van der Waals surface area contributed by atoms with Crippen LogP contribution < -0.4 is 0 Å². The minimum Gasteiger partial charge on any atom is -0.269 e. The van der Waals surface area contributed by atoms with Crippen molar-refractivity contribution in [2.45, 2.75) is 33.1 Å². The Morgan fingerprint density at radius 2 is 2.06 bits per heavy atom. The van der Waals surface area contributed by atoms with Gasteiger partial charge in [0.2, 0.25) is 5.28 Å². The molecule has 1 aromatic heterocycles. The third kappa shape index (κ3) is 2.59. The summed E-state index contributed by atoms with van der Waals surface area (Å²) < 4.78 is 3.01. The van der Waals surface area contributed by atoms with E-state index in [2.05, 4.69) is 52.1 Å². The van der Waals surface area contributed by atoms with Gasteiger partial charge in [-0.25, -0.2) is 0 Å². The lowest BCUT2D eigenvalue weighted by atomic mass is 10.1. The van der Waals surface area contributed by atoms with E-state index in [4.69, 9.17) is 11.6 Å². The Balaban J connectivity index is 2.57. The molecule has 0 aliphatic carbocycles. The van der Waals surface area contributed by atoms with Crippen LogP contribution in [0.3, 0.4) is 0 Å². The van der Waals surface area contributed by atoms with Gasteiger partial charge in [0.05, 0.1) is 5.69 Å². The molecule has 0 bridgehead atoms. The number of aryl methyl sites for hydroxylation is 2. The van der Waals surface area contributed by atoms with Gasteiger partial charge < -0.3 is 0 Å². The van der Waals surface area contributed by atoms with E-state index in [-0.39, 0.29) is 0 Å². The van der Waals surface area contributed by atoms with Crippen molar-refractivity contribution in [3.63, 3.8) is 0 Å². The largest absolute Gasteiger partial charge is 0.269 e. The molecule has 2 aromatic rings. The van der Waals surface area contributed by atoms with Crippen LogP contribution >= 0.6 is 27.5 Å². The SMILES string of the molecule is CCCc1nnc(Cl)n1-c1ccc(Br)cc1CC. The van der Waals surface area contributed by atoms with Gasteiger partial charge in [0.1, 0.15) is 5.82 Å². The van der Waals surface area contributed by atoms with Crippen LogP contribution in [0.25, 0.3) is 5.69 Å². The van der Waals surface area contributed by atoms with E-state index >= 15 is 0 Å². The van der Waals surface area contributed by atoms with Crippen molar-refractivity contribution in [1.29, 1.82) is 0 Å². The Hall–Kier alpha value is -0.870. The number of rotatable bonds is 4. The summed E-state index contributed by atoms with van der Waals surface area (Å²) in [5.41, 5.74) is 2.29. The first-order valence-electron chi connectivity index (χ1n) is 6.06. The molecule has 0 spiro atoms. The van der Waals surface area contributed by atoms with Crippen molar-refractivity contribution >= 4 is 27.5 Å². The fourth-order valence-electron chi connectivity index (χ4n) is 1.97. The first-order valence-corrected chi connectivity index (χ1v) is 7.23. The Morgan fingerprint density at radius 1 is 1.28 bits per heavy atom. The molecule has 2 rings (SSSR count). The lowest BCUT2D eigenvalue weighted by Crippen LogP contribution is -2.04. The Morgan fingerprint density at radius 3 is 2.72 bits per heavy atom. The van der Waals surface area contributed by atoms with E-state index in [0.29, 0.717) is 5.28 Å². The fourth-order valence-corrected chi connectivity index (χ4v) is 2.61. The van der Waals surface area contributed by atoms with Crippen molar-refractivity contribution in [3.8, 4) is 5.69 Å². The summed E-state index contributed by atoms with van der Waals surface area (Å²) in [7, 11) is 0. The number of halogens is 2. The minimum atomic E-state index is 0.426. The molecule has 0 amide bonds. The second-order valence-electron chi connectivity index (χ2n) is 4.10. The molecule has 0 radical (unpaired) electrons. The predicted molar refractivity (Wildman–Crippen MR) is 77.4 cm³/mol. The topological polar surface area (TPSA) is 30.7 Å². The molecule has 1 aromatic carbocycles. The molecular formula is C13H15BrClN3. The number of nitrogens with zero attached hydrogens (tertiary/aromatic N) is 3. The van der Waals surface area contributed by atoms with Crippen molar-refractivity contribution in [2.24, 2.45) is 0 Å².